The van der Waals surface area contributed by atoms with Gasteiger partial charge in [0.05, 0.1) is 7.11 Å². The number of ether oxygens (including phenoxy) is 1. The van der Waals surface area contributed by atoms with Crippen molar-refractivity contribution in [3.63, 3.8) is 0 Å². The second-order valence-corrected chi connectivity index (χ2v) is 6.00. The van der Waals surface area contributed by atoms with Crippen LogP contribution in [0, 0.1) is 0 Å². The van der Waals surface area contributed by atoms with E-state index in [-0.39, 0.29) is 11.9 Å². The molecule has 3 aromatic rings. The van der Waals surface area contributed by atoms with Gasteiger partial charge in [-0.05, 0) is 31.5 Å². The number of hydrogen-bond donors (Lipinski definition) is 0. The lowest BCUT2D eigenvalue weighted by atomic mass is 10.1. The normalized spacial score (nSPS) is 11.0. The zero-order chi connectivity index (χ0) is 17.1. The van der Waals surface area contributed by atoms with Gasteiger partial charge in [0.2, 0.25) is 0 Å². The highest BCUT2D eigenvalue weighted by atomic mass is 16.5. The summed E-state index contributed by atoms with van der Waals surface area (Å²) in [5.74, 6) is 0.844. The Morgan fingerprint density at radius 3 is 2.54 bits per heavy atom. The summed E-state index contributed by atoms with van der Waals surface area (Å²) in [6, 6.07) is 17.4. The van der Waals surface area contributed by atoms with E-state index in [0.717, 1.165) is 10.9 Å². The van der Waals surface area contributed by atoms with E-state index in [0.29, 0.717) is 23.6 Å². The topological polar surface area (TPSA) is 42.7 Å². The van der Waals surface area contributed by atoms with Crippen molar-refractivity contribution >= 4 is 16.9 Å². The number of para-hydroxylation sites is 1. The molecule has 0 aliphatic rings. The van der Waals surface area contributed by atoms with Crippen LogP contribution in [0.25, 0.3) is 11.0 Å². The molecular formula is C20H21NO3. The highest BCUT2D eigenvalue weighted by Gasteiger charge is 2.23. The van der Waals surface area contributed by atoms with Crippen LogP contribution in [0.15, 0.2) is 59.0 Å². The molecule has 0 saturated carbocycles. The number of rotatable bonds is 5. The molecule has 1 amide bonds. The first kappa shape index (κ1) is 16.1. The molecule has 0 N–H and O–H groups in total. The maximum Gasteiger partial charge on any atom is 0.290 e. The molecule has 2 aromatic carbocycles. The number of fused-ring (bicyclic) bond motifs is 1. The lowest BCUT2D eigenvalue weighted by Crippen LogP contribution is -2.36. The molecule has 0 aliphatic heterocycles. The maximum absolute atomic E-state index is 13.0. The van der Waals surface area contributed by atoms with E-state index < -0.39 is 0 Å². The van der Waals surface area contributed by atoms with Crippen molar-refractivity contribution < 1.29 is 13.9 Å². The second-order valence-electron chi connectivity index (χ2n) is 6.00. The molecule has 4 nitrogen and oxygen atoms in total. The Hall–Kier alpha value is -2.75. The van der Waals surface area contributed by atoms with Crippen LogP contribution < -0.4 is 4.74 Å². The quantitative estimate of drug-likeness (QED) is 0.694. The fraction of sp³-hybridized carbons (Fsp3) is 0.250. The van der Waals surface area contributed by atoms with Gasteiger partial charge in [-0.2, -0.15) is 0 Å². The van der Waals surface area contributed by atoms with Crippen LogP contribution in [0.2, 0.25) is 0 Å². The molecule has 1 heterocycles. The average molecular weight is 323 g/mol. The largest absolute Gasteiger partial charge is 0.493 e. The molecule has 124 valence electrons. The Bertz CT molecular complexity index is 836. The first-order valence-corrected chi connectivity index (χ1v) is 8.01. The molecule has 0 saturated heterocycles. The Morgan fingerprint density at radius 1 is 1.12 bits per heavy atom. The van der Waals surface area contributed by atoms with E-state index in [2.05, 4.69) is 0 Å². The molecule has 0 spiro atoms. The number of carbonyl (C=O) groups excluding carboxylic acids is 1. The zero-order valence-corrected chi connectivity index (χ0v) is 14.2. The molecule has 4 heteroatoms. The van der Waals surface area contributed by atoms with Gasteiger partial charge in [-0.1, -0.05) is 42.5 Å². The van der Waals surface area contributed by atoms with Gasteiger partial charge in [0.15, 0.2) is 17.1 Å². The third-order valence-electron chi connectivity index (χ3n) is 4.02. The van der Waals surface area contributed by atoms with E-state index in [1.54, 1.807) is 18.1 Å². The van der Waals surface area contributed by atoms with Crippen molar-refractivity contribution in [2.45, 2.75) is 26.4 Å². The molecule has 0 fully saturated rings. The lowest BCUT2D eigenvalue weighted by molar-refractivity contribution is 0.0660. The molecule has 1 aromatic heterocycles. The second kappa shape index (κ2) is 6.79. The summed E-state index contributed by atoms with van der Waals surface area (Å²) in [6.45, 7) is 4.56. The third-order valence-corrected chi connectivity index (χ3v) is 4.02. The van der Waals surface area contributed by atoms with Gasteiger partial charge in [0, 0.05) is 18.0 Å². The number of furan rings is 1. The van der Waals surface area contributed by atoms with Crippen LogP contribution in [0.3, 0.4) is 0 Å². The van der Waals surface area contributed by atoms with Gasteiger partial charge >= 0.3 is 0 Å². The number of amides is 1. The lowest BCUT2D eigenvalue weighted by Gasteiger charge is -2.26. The number of methoxy groups -OCH3 is 1. The smallest absolute Gasteiger partial charge is 0.290 e. The first-order chi connectivity index (χ1) is 11.6. The minimum absolute atomic E-state index is 0.0628. The fourth-order valence-corrected chi connectivity index (χ4v) is 2.71. The van der Waals surface area contributed by atoms with E-state index in [4.69, 9.17) is 9.15 Å². The van der Waals surface area contributed by atoms with Crippen LogP contribution >= 0.6 is 0 Å². The highest BCUT2D eigenvalue weighted by molar-refractivity contribution is 5.97. The van der Waals surface area contributed by atoms with Gasteiger partial charge in [-0.3, -0.25) is 4.79 Å². The van der Waals surface area contributed by atoms with E-state index in [1.165, 1.54) is 0 Å². The molecule has 0 aliphatic carbocycles. The summed E-state index contributed by atoms with van der Waals surface area (Å²) in [5, 5.41) is 0.862. The summed E-state index contributed by atoms with van der Waals surface area (Å²) in [4.78, 5) is 14.8. The van der Waals surface area contributed by atoms with Crippen molar-refractivity contribution in [2.24, 2.45) is 0 Å². The Labute approximate surface area is 141 Å². The molecular weight excluding hydrogens is 302 g/mol. The Balaban J connectivity index is 1.93. The van der Waals surface area contributed by atoms with Gasteiger partial charge in [0.25, 0.3) is 5.91 Å². The van der Waals surface area contributed by atoms with Crippen LogP contribution in [-0.2, 0) is 6.54 Å². The molecule has 3 rings (SSSR count). The Kier molecular flexibility index (Phi) is 4.56. The average Bonchev–Trinajstić information content (AvgIpc) is 3.04. The predicted octanol–water partition coefficient (Wildman–Crippen LogP) is 4.49. The summed E-state index contributed by atoms with van der Waals surface area (Å²) in [7, 11) is 1.59. The summed E-state index contributed by atoms with van der Waals surface area (Å²) in [6.07, 6.45) is 0. The Morgan fingerprint density at radius 2 is 1.88 bits per heavy atom. The fourth-order valence-electron chi connectivity index (χ4n) is 2.71. The highest BCUT2D eigenvalue weighted by Crippen LogP contribution is 2.29. The molecule has 0 radical (unpaired) electrons. The van der Waals surface area contributed by atoms with Crippen molar-refractivity contribution in [2.75, 3.05) is 7.11 Å². The third kappa shape index (κ3) is 3.13. The van der Waals surface area contributed by atoms with E-state index in [9.17, 15) is 4.79 Å². The van der Waals surface area contributed by atoms with Crippen LogP contribution in [0.4, 0.5) is 0 Å². The summed E-state index contributed by atoms with van der Waals surface area (Å²) >= 11 is 0. The maximum atomic E-state index is 13.0. The predicted molar refractivity (Wildman–Crippen MR) is 94.2 cm³/mol. The van der Waals surface area contributed by atoms with Gasteiger partial charge in [-0.15, -0.1) is 0 Å². The van der Waals surface area contributed by atoms with Crippen LogP contribution in [-0.4, -0.2) is 24.0 Å². The van der Waals surface area contributed by atoms with Gasteiger partial charge in [0.1, 0.15) is 0 Å². The van der Waals surface area contributed by atoms with E-state index >= 15 is 0 Å². The number of carbonyl (C=O) groups is 1. The van der Waals surface area contributed by atoms with Crippen LogP contribution in [0.1, 0.15) is 30.0 Å². The SMILES string of the molecule is COc1cccc2cc(C(=O)N(Cc3ccccc3)C(C)C)oc12. The summed E-state index contributed by atoms with van der Waals surface area (Å²) < 4.78 is 11.1. The number of benzene rings is 2. The van der Waals surface area contributed by atoms with Gasteiger partial charge < -0.3 is 14.1 Å². The zero-order valence-electron chi connectivity index (χ0n) is 14.2. The monoisotopic (exact) mass is 323 g/mol. The molecule has 0 atom stereocenters. The van der Waals surface area contributed by atoms with Crippen molar-refractivity contribution in [3.05, 3.63) is 65.9 Å². The molecule has 0 unspecified atom stereocenters. The van der Waals surface area contributed by atoms with Gasteiger partial charge in [-0.25, -0.2) is 0 Å². The molecule has 24 heavy (non-hydrogen) atoms. The standard InChI is InChI=1S/C20H21NO3/c1-14(2)21(13-15-8-5-4-6-9-15)20(22)18-12-16-10-7-11-17(23-3)19(16)24-18/h4-12,14H,13H2,1-3H3. The van der Waals surface area contributed by atoms with Crippen molar-refractivity contribution in [1.82, 2.24) is 4.90 Å². The first-order valence-electron chi connectivity index (χ1n) is 8.01. The number of nitrogens with zero attached hydrogens (tertiary/aromatic N) is 1. The summed E-state index contributed by atoms with van der Waals surface area (Å²) in [5.41, 5.74) is 1.69. The van der Waals surface area contributed by atoms with Crippen molar-refractivity contribution in [3.8, 4) is 5.75 Å². The minimum atomic E-state index is -0.118. The number of hydrogen-bond acceptors (Lipinski definition) is 3. The van der Waals surface area contributed by atoms with Crippen LogP contribution in [0.5, 0.6) is 5.75 Å². The molecule has 0 bridgehead atoms. The van der Waals surface area contributed by atoms with Crippen molar-refractivity contribution in [1.29, 1.82) is 0 Å². The minimum Gasteiger partial charge on any atom is -0.493 e. The van der Waals surface area contributed by atoms with E-state index in [1.807, 2.05) is 62.4 Å².